The molecule has 0 radical (unpaired) electrons. The summed E-state index contributed by atoms with van der Waals surface area (Å²) in [5.74, 6) is -0.373. The maximum Gasteiger partial charge on any atom is 0.433 e. The van der Waals surface area contributed by atoms with Gasteiger partial charge in [0, 0.05) is 30.2 Å². The number of aliphatic hydroxyl groups is 1. The number of pyridine rings is 1. The second-order valence-electron chi connectivity index (χ2n) is 9.98. The second-order valence-corrected chi connectivity index (χ2v) is 9.98. The smallest absolute Gasteiger partial charge is 0.433 e. The van der Waals surface area contributed by atoms with Gasteiger partial charge in [-0.3, -0.25) is 0 Å². The monoisotopic (exact) mass is 577 g/mol. The molecule has 42 heavy (non-hydrogen) atoms. The number of nitrogens with zero attached hydrogens (tertiary/aromatic N) is 3. The predicted molar refractivity (Wildman–Crippen MR) is 152 cm³/mol. The number of carbonyl (C=O) groups is 1. The number of carbonyl (C=O) groups excluding carboxylic acids is 1. The SMILES string of the molecule is CCOC(=O)[C@H](Cc1ccccc1)Nc1nc(C(F)(F)F)ccc1-c1cc(Nc2cccc3c2C[C@H](O)CC3)ncn1. The Labute approximate surface area is 241 Å². The molecule has 0 fully saturated rings. The van der Waals surface area contributed by atoms with Crippen LogP contribution in [0.5, 0.6) is 0 Å². The lowest BCUT2D eigenvalue weighted by molar-refractivity contribution is -0.144. The van der Waals surface area contributed by atoms with Crippen molar-refractivity contribution in [3.8, 4) is 11.3 Å². The van der Waals surface area contributed by atoms with Gasteiger partial charge < -0.3 is 20.5 Å². The van der Waals surface area contributed by atoms with Gasteiger partial charge in [-0.1, -0.05) is 42.5 Å². The standard InChI is InChI=1S/C31H30F3N5O3/c1-2-42-30(41)26(15-19-7-4-3-5-8-19)38-29-22(13-14-27(39-29)31(32,33)34)25-17-28(36-18-35-25)37-24-10-6-9-20-11-12-21(40)16-23(20)24/h3-10,13-14,17-18,21,26,40H,2,11-12,15-16H2,1H3,(H,38,39)(H,35,36,37)/t21-,26+/m1/s1. The van der Waals surface area contributed by atoms with Crippen molar-refractivity contribution in [3.63, 3.8) is 0 Å². The van der Waals surface area contributed by atoms with Gasteiger partial charge in [0.15, 0.2) is 0 Å². The predicted octanol–water partition coefficient (Wildman–Crippen LogP) is 5.74. The number of anilines is 3. The minimum atomic E-state index is -4.71. The molecule has 8 nitrogen and oxygen atoms in total. The van der Waals surface area contributed by atoms with Crippen LogP contribution in [0.4, 0.5) is 30.5 Å². The molecular weight excluding hydrogens is 547 g/mol. The third kappa shape index (κ3) is 6.85. The van der Waals surface area contributed by atoms with Crippen molar-refractivity contribution >= 4 is 23.3 Å². The number of halogens is 3. The summed E-state index contributed by atoms with van der Waals surface area (Å²) in [6, 6.07) is 17.7. The summed E-state index contributed by atoms with van der Waals surface area (Å²) in [5.41, 5.74) is 3.14. The van der Waals surface area contributed by atoms with Crippen LogP contribution in [0, 0.1) is 0 Å². The normalized spacial score (nSPS) is 15.4. The van der Waals surface area contributed by atoms with Crippen molar-refractivity contribution in [3.05, 3.63) is 95.4 Å². The van der Waals surface area contributed by atoms with Crippen LogP contribution >= 0.6 is 0 Å². The fourth-order valence-corrected chi connectivity index (χ4v) is 4.98. The van der Waals surface area contributed by atoms with Crippen molar-refractivity contribution in [1.29, 1.82) is 0 Å². The first kappa shape index (κ1) is 29.0. The van der Waals surface area contributed by atoms with Gasteiger partial charge in [-0.05, 0) is 54.7 Å². The number of ether oxygens (including phenoxy) is 1. The Morgan fingerprint density at radius 2 is 1.90 bits per heavy atom. The molecule has 2 heterocycles. The van der Waals surface area contributed by atoms with E-state index in [0.29, 0.717) is 24.4 Å². The maximum atomic E-state index is 13.7. The molecule has 0 saturated heterocycles. The van der Waals surface area contributed by atoms with Crippen LogP contribution in [0.2, 0.25) is 0 Å². The number of aromatic nitrogens is 3. The number of rotatable bonds is 9. The van der Waals surface area contributed by atoms with Crippen molar-refractivity contribution in [1.82, 2.24) is 15.0 Å². The largest absolute Gasteiger partial charge is 0.464 e. The Balaban J connectivity index is 1.50. The van der Waals surface area contributed by atoms with Crippen LogP contribution in [0.3, 0.4) is 0 Å². The van der Waals surface area contributed by atoms with Crippen LogP contribution in [-0.4, -0.2) is 44.8 Å². The number of hydrogen-bond donors (Lipinski definition) is 3. The summed E-state index contributed by atoms with van der Waals surface area (Å²) in [7, 11) is 0. The second kappa shape index (κ2) is 12.6. The van der Waals surface area contributed by atoms with Gasteiger partial charge in [0.2, 0.25) is 0 Å². The topological polar surface area (TPSA) is 109 Å². The molecule has 2 atom stereocenters. The Kier molecular flexibility index (Phi) is 8.67. The Morgan fingerprint density at radius 1 is 1.10 bits per heavy atom. The number of hydrogen-bond acceptors (Lipinski definition) is 8. The van der Waals surface area contributed by atoms with Crippen molar-refractivity contribution in [2.24, 2.45) is 0 Å². The van der Waals surface area contributed by atoms with E-state index in [0.717, 1.165) is 34.9 Å². The third-order valence-corrected chi connectivity index (χ3v) is 7.02. The van der Waals surface area contributed by atoms with Gasteiger partial charge in [-0.2, -0.15) is 13.2 Å². The fraction of sp³-hybridized carbons (Fsp3) is 0.290. The zero-order chi connectivity index (χ0) is 29.7. The van der Waals surface area contributed by atoms with E-state index in [4.69, 9.17) is 4.74 Å². The zero-order valence-corrected chi connectivity index (χ0v) is 22.9. The third-order valence-electron chi connectivity index (χ3n) is 7.02. The van der Waals surface area contributed by atoms with Crippen LogP contribution < -0.4 is 10.6 Å². The van der Waals surface area contributed by atoms with Gasteiger partial charge in [0.05, 0.1) is 18.4 Å². The molecule has 2 aromatic heterocycles. The molecule has 11 heteroatoms. The molecule has 0 amide bonds. The Morgan fingerprint density at radius 3 is 2.67 bits per heavy atom. The number of fused-ring (bicyclic) bond motifs is 1. The molecule has 0 spiro atoms. The molecule has 1 aliphatic carbocycles. The van der Waals surface area contributed by atoms with Gasteiger partial charge in [-0.15, -0.1) is 0 Å². The average Bonchev–Trinajstić information content (AvgIpc) is 2.97. The summed E-state index contributed by atoms with van der Waals surface area (Å²) >= 11 is 0. The lowest BCUT2D eigenvalue weighted by Crippen LogP contribution is -2.34. The van der Waals surface area contributed by atoms with Gasteiger partial charge in [0.1, 0.15) is 29.7 Å². The highest BCUT2D eigenvalue weighted by molar-refractivity contribution is 5.83. The van der Waals surface area contributed by atoms with E-state index in [1.54, 1.807) is 13.0 Å². The van der Waals surface area contributed by atoms with Crippen molar-refractivity contribution < 1.29 is 27.8 Å². The van der Waals surface area contributed by atoms with E-state index in [2.05, 4.69) is 25.6 Å². The first-order chi connectivity index (χ1) is 20.2. The van der Waals surface area contributed by atoms with E-state index < -0.39 is 30.0 Å². The van der Waals surface area contributed by atoms with Crippen molar-refractivity contribution in [2.75, 3.05) is 17.2 Å². The summed E-state index contributed by atoms with van der Waals surface area (Å²) in [4.78, 5) is 25.4. The highest BCUT2D eigenvalue weighted by atomic mass is 19.4. The number of nitrogens with one attached hydrogen (secondary N) is 2. The molecule has 3 N–H and O–H groups in total. The van der Waals surface area contributed by atoms with E-state index >= 15 is 0 Å². The highest BCUT2D eigenvalue weighted by Gasteiger charge is 2.34. The highest BCUT2D eigenvalue weighted by Crippen LogP contribution is 2.35. The molecule has 1 aliphatic rings. The summed E-state index contributed by atoms with van der Waals surface area (Å²) in [6.07, 6.45) is -1.71. The van der Waals surface area contributed by atoms with E-state index in [-0.39, 0.29) is 24.4 Å². The molecule has 0 aliphatic heterocycles. The van der Waals surface area contributed by atoms with Gasteiger partial charge in [-0.25, -0.2) is 19.7 Å². The Hall–Kier alpha value is -4.51. The van der Waals surface area contributed by atoms with Crippen molar-refractivity contribution in [2.45, 2.75) is 50.9 Å². The molecule has 4 aromatic rings. The van der Waals surface area contributed by atoms with Crippen LogP contribution in [0.25, 0.3) is 11.3 Å². The zero-order valence-electron chi connectivity index (χ0n) is 22.9. The molecule has 0 unspecified atom stereocenters. The van der Waals surface area contributed by atoms with E-state index in [9.17, 15) is 23.1 Å². The average molecular weight is 578 g/mol. The number of benzene rings is 2. The first-order valence-corrected chi connectivity index (χ1v) is 13.6. The number of alkyl halides is 3. The maximum absolute atomic E-state index is 13.7. The minimum absolute atomic E-state index is 0.107. The van der Waals surface area contributed by atoms with E-state index in [1.165, 1.54) is 12.4 Å². The van der Waals surface area contributed by atoms with Crippen LogP contribution in [0.15, 0.2) is 73.1 Å². The van der Waals surface area contributed by atoms with Gasteiger partial charge >= 0.3 is 12.1 Å². The molecule has 0 saturated carbocycles. The van der Waals surface area contributed by atoms with Crippen LogP contribution in [-0.2, 0) is 35.0 Å². The lowest BCUT2D eigenvalue weighted by atomic mass is 9.88. The molecule has 5 rings (SSSR count). The number of aliphatic hydroxyl groups excluding tert-OH is 1. The first-order valence-electron chi connectivity index (χ1n) is 13.6. The number of esters is 1. The van der Waals surface area contributed by atoms with E-state index in [1.807, 2.05) is 48.5 Å². The quantitative estimate of drug-likeness (QED) is 0.216. The lowest BCUT2D eigenvalue weighted by Gasteiger charge is -2.23. The fourth-order valence-electron chi connectivity index (χ4n) is 4.98. The molecule has 2 aromatic carbocycles. The summed E-state index contributed by atoms with van der Waals surface area (Å²) in [6.45, 7) is 1.77. The number of aryl methyl sites for hydroxylation is 1. The van der Waals surface area contributed by atoms with Gasteiger partial charge in [0.25, 0.3) is 0 Å². The van der Waals surface area contributed by atoms with Crippen LogP contribution in [0.1, 0.15) is 35.7 Å². The molecular formula is C31H30F3N5O3. The molecule has 0 bridgehead atoms. The Bertz CT molecular complexity index is 1550. The minimum Gasteiger partial charge on any atom is -0.464 e. The summed E-state index contributed by atoms with van der Waals surface area (Å²) < 4.78 is 46.3. The molecule has 218 valence electrons. The summed E-state index contributed by atoms with van der Waals surface area (Å²) in [5, 5.41) is 16.4.